The number of unbranched alkanes of at least 4 members (excludes halogenated alkanes) is 1. The van der Waals surface area contributed by atoms with Crippen molar-refractivity contribution in [2.75, 3.05) is 19.0 Å². The zero-order chi connectivity index (χ0) is 12.8. The number of piperidine rings is 1. The summed E-state index contributed by atoms with van der Waals surface area (Å²) in [6.45, 7) is 1.71. The normalized spacial score (nSPS) is 20.1. The molecule has 1 amide bonds. The van der Waals surface area contributed by atoms with E-state index in [4.69, 9.17) is 11.6 Å². The molecule has 0 aliphatic carbocycles. The van der Waals surface area contributed by atoms with Gasteiger partial charge in [-0.3, -0.25) is 9.89 Å². The molecule has 1 aromatic rings. The van der Waals surface area contributed by atoms with Crippen LogP contribution in [0.4, 0.5) is 0 Å². The summed E-state index contributed by atoms with van der Waals surface area (Å²) in [5, 5.41) is 7.00. The molecule has 0 radical (unpaired) electrons. The third-order valence-corrected chi connectivity index (χ3v) is 3.78. The molecule has 0 saturated carbocycles. The maximum atomic E-state index is 12.0. The van der Waals surface area contributed by atoms with Gasteiger partial charge < -0.3 is 4.90 Å². The number of alkyl halides is 1. The maximum absolute atomic E-state index is 12.0. The lowest BCUT2D eigenvalue weighted by molar-refractivity contribution is -0.132. The lowest BCUT2D eigenvalue weighted by Gasteiger charge is -2.32. The fourth-order valence-corrected chi connectivity index (χ4v) is 2.67. The third-order valence-electron chi connectivity index (χ3n) is 3.51. The van der Waals surface area contributed by atoms with Crippen LogP contribution in [0.3, 0.4) is 0 Å². The molecule has 1 aromatic heterocycles. The topological polar surface area (TPSA) is 49.0 Å². The zero-order valence-corrected chi connectivity index (χ0v) is 11.3. The van der Waals surface area contributed by atoms with Crippen LogP contribution in [0, 0.1) is 0 Å². The van der Waals surface area contributed by atoms with Crippen LogP contribution in [-0.2, 0) is 4.79 Å². The van der Waals surface area contributed by atoms with Crippen molar-refractivity contribution in [1.82, 2.24) is 15.1 Å². The first-order valence-corrected chi connectivity index (χ1v) is 7.17. The van der Waals surface area contributed by atoms with Gasteiger partial charge in [-0.2, -0.15) is 5.10 Å². The number of carbonyl (C=O) groups is 1. The summed E-state index contributed by atoms with van der Waals surface area (Å²) in [4.78, 5) is 14.0. The van der Waals surface area contributed by atoms with Gasteiger partial charge in [-0.25, -0.2) is 0 Å². The van der Waals surface area contributed by atoms with E-state index in [0.717, 1.165) is 44.5 Å². The largest absolute Gasteiger partial charge is 0.342 e. The summed E-state index contributed by atoms with van der Waals surface area (Å²) >= 11 is 5.63. The molecule has 18 heavy (non-hydrogen) atoms. The van der Waals surface area contributed by atoms with Crippen LogP contribution >= 0.6 is 11.6 Å². The summed E-state index contributed by atoms with van der Waals surface area (Å²) < 4.78 is 0. The van der Waals surface area contributed by atoms with Gasteiger partial charge in [0.15, 0.2) is 0 Å². The first kappa shape index (κ1) is 13.4. The van der Waals surface area contributed by atoms with Crippen molar-refractivity contribution in [2.24, 2.45) is 0 Å². The minimum absolute atomic E-state index is 0.268. The van der Waals surface area contributed by atoms with Crippen LogP contribution in [0.15, 0.2) is 12.3 Å². The fourth-order valence-electron chi connectivity index (χ4n) is 2.48. The van der Waals surface area contributed by atoms with Crippen molar-refractivity contribution in [3.63, 3.8) is 0 Å². The fraction of sp³-hybridized carbons (Fsp3) is 0.692. The minimum atomic E-state index is 0.268. The number of hydrogen-bond donors (Lipinski definition) is 1. The van der Waals surface area contributed by atoms with Crippen LogP contribution in [-0.4, -0.2) is 40.0 Å². The highest BCUT2D eigenvalue weighted by Crippen LogP contribution is 2.25. The second-order valence-electron chi connectivity index (χ2n) is 4.84. The summed E-state index contributed by atoms with van der Waals surface area (Å²) in [5.74, 6) is 1.33. The number of aromatic nitrogens is 2. The number of H-pyrrole nitrogens is 1. The second kappa shape index (κ2) is 6.78. The van der Waals surface area contributed by atoms with Crippen LogP contribution in [0.2, 0.25) is 0 Å². The molecule has 2 heterocycles. The van der Waals surface area contributed by atoms with Gasteiger partial charge in [0, 0.05) is 43.2 Å². The Morgan fingerprint density at radius 2 is 2.44 bits per heavy atom. The van der Waals surface area contributed by atoms with Crippen LogP contribution in [0.5, 0.6) is 0 Å². The van der Waals surface area contributed by atoms with Gasteiger partial charge in [0.1, 0.15) is 0 Å². The van der Waals surface area contributed by atoms with Crippen LogP contribution in [0.25, 0.3) is 0 Å². The monoisotopic (exact) mass is 269 g/mol. The van der Waals surface area contributed by atoms with Gasteiger partial charge in [-0.05, 0) is 31.7 Å². The maximum Gasteiger partial charge on any atom is 0.222 e. The Balaban J connectivity index is 1.84. The molecule has 5 heteroatoms. The molecule has 0 spiro atoms. The summed E-state index contributed by atoms with van der Waals surface area (Å²) in [6.07, 6.45) is 6.43. The van der Waals surface area contributed by atoms with E-state index in [1.54, 1.807) is 6.20 Å². The van der Waals surface area contributed by atoms with Gasteiger partial charge in [0.2, 0.25) is 5.91 Å². The van der Waals surface area contributed by atoms with E-state index in [-0.39, 0.29) is 5.91 Å². The highest BCUT2D eigenvalue weighted by atomic mass is 35.5. The number of rotatable bonds is 5. The Morgan fingerprint density at radius 3 is 3.17 bits per heavy atom. The molecule has 1 unspecified atom stereocenters. The van der Waals surface area contributed by atoms with Gasteiger partial charge in [-0.15, -0.1) is 11.6 Å². The molecule has 1 fully saturated rings. The minimum Gasteiger partial charge on any atom is -0.342 e. The van der Waals surface area contributed by atoms with E-state index in [1.165, 1.54) is 0 Å². The predicted molar refractivity (Wildman–Crippen MR) is 71.7 cm³/mol. The smallest absolute Gasteiger partial charge is 0.222 e. The Kier molecular flexibility index (Phi) is 5.05. The highest BCUT2D eigenvalue weighted by Gasteiger charge is 2.24. The molecule has 1 saturated heterocycles. The van der Waals surface area contributed by atoms with Crippen molar-refractivity contribution < 1.29 is 4.79 Å². The SMILES string of the molecule is O=C(CCCCCl)N1CCCC(c2ccn[nH]2)C1. The Labute approximate surface area is 113 Å². The highest BCUT2D eigenvalue weighted by molar-refractivity contribution is 6.17. The van der Waals surface area contributed by atoms with Crippen molar-refractivity contribution in [2.45, 2.75) is 38.0 Å². The third kappa shape index (κ3) is 3.48. The molecule has 1 N–H and O–H groups in total. The van der Waals surface area contributed by atoms with E-state index in [9.17, 15) is 4.79 Å². The average Bonchev–Trinajstić information content (AvgIpc) is 2.93. The molecule has 4 nitrogen and oxygen atoms in total. The van der Waals surface area contributed by atoms with Crippen molar-refractivity contribution >= 4 is 17.5 Å². The van der Waals surface area contributed by atoms with Crippen LogP contribution in [0.1, 0.15) is 43.7 Å². The first-order valence-electron chi connectivity index (χ1n) is 6.64. The van der Waals surface area contributed by atoms with E-state index in [1.807, 2.05) is 11.0 Å². The molecule has 0 bridgehead atoms. The summed E-state index contributed by atoms with van der Waals surface area (Å²) in [6, 6.07) is 2.01. The molecule has 1 aliphatic heterocycles. The Morgan fingerprint density at radius 1 is 1.56 bits per heavy atom. The predicted octanol–water partition coefficient (Wildman–Crippen LogP) is 2.52. The molecular formula is C13H20ClN3O. The van der Waals surface area contributed by atoms with E-state index in [2.05, 4.69) is 10.2 Å². The van der Waals surface area contributed by atoms with Gasteiger partial charge in [0.05, 0.1) is 0 Å². The van der Waals surface area contributed by atoms with Crippen molar-refractivity contribution in [3.05, 3.63) is 18.0 Å². The zero-order valence-electron chi connectivity index (χ0n) is 10.6. The molecule has 2 rings (SSSR count). The van der Waals surface area contributed by atoms with Gasteiger partial charge >= 0.3 is 0 Å². The second-order valence-corrected chi connectivity index (χ2v) is 5.21. The number of aromatic amines is 1. The van der Waals surface area contributed by atoms with Gasteiger partial charge in [0.25, 0.3) is 0 Å². The molecular weight excluding hydrogens is 250 g/mol. The van der Waals surface area contributed by atoms with Crippen LogP contribution < -0.4 is 0 Å². The molecule has 1 atom stereocenters. The van der Waals surface area contributed by atoms with Crippen molar-refractivity contribution in [3.8, 4) is 0 Å². The van der Waals surface area contributed by atoms with E-state index < -0.39 is 0 Å². The molecule has 0 aromatic carbocycles. The quantitative estimate of drug-likeness (QED) is 0.660. The standard InChI is InChI=1S/C13H20ClN3O/c14-7-2-1-5-13(18)17-9-3-4-11(10-17)12-6-8-15-16-12/h6,8,11H,1-5,7,9-10H2,(H,15,16). The number of carbonyl (C=O) groups excluding carboxylic acids is 1. The Hall–Kier alpha value is -1.03. The lowest BCUT2D eigenvalue weighted by atomic mass is 9.94. The number of halogens is 1. The van der Waals surface area contributed by atoms with E-state index in [0.29, 0.717) is 18.2 Å². The Bertz CT molecular complexity index is 366. The first-order chi connectivity index (χ1) is 8.81. The lowest BCUT2D eigenvalue weighted by Crippen LogP contribution is -2.39. The summed E-state index contributed by atoms with van der Waals surface area (Å²) in [5.41, 5.74) is 1.15. The molecule has 1 aliphatic rings. The number of hydrogen-bond acceptors (Lipinski definition) is 2. The number of nitrogens with zero attached hydrogens (tertiary/aromatic N) is 2. The van der Waals surface area contributed by atoms with Gasteiger partial charge in [-0.1, -0.05) is 0 Å². The number of likely N-dealkylation sites (tertiary alicyclic amines) is 1. The number of nitrogens with one attached hydrogen (secondary N) is 1. The summed E-state index contributed by atoms with van der Waals surface area (Å²) in [7, 11) is 0. The van der Waals surface area contributed by atoms with E-state index >= 15 is 0 Å². The number of amides is 1. The molecule has 100 valence electrons. The average molecular weight is 270 g/mol. The van der Waals surface area contributed by atoms with Crippen molar-refractivity contribution in [1.29, 1.82) is 0 Å².